The molecule has 0 N–H and O–H groups in total. The van der Waals surface area contributed by atoms with Gasteiger partial charge in [-0.25, -0.2) is 0 Å². The van der Waals surface area contributed by atoms with Gasteiger partial charge in [0.05, 0.1) is 0 Å². The number of rotatable bonds is 11. The molecule has 1 aromatic carbocycles. The Morgan fingerprint density at radius 3 is 1.56 bits per heavy atom. The van der Waals surface area contributed by atoms with E-state index in [0.29, 0.717) is 7.11 Å². The molecule has 0 aliphatic carbocycles. The van der Waals surface area contributed by atoms with Crippen molar-refractivity contribution < 1.29 is 43.5 Å². The summed E-state index contributed by atoms with van der Waals surface area (Å²) in [5, 5.41) is 0. The van der Waals surface area contributed by atoms with Crippen molar-refractivity contribution >= 4 is 0 Å². The van der Waals surface area contributed by atoms with Crippen LogP contribution >= 0.6 is 0 Å². The SMILES string of the molecule is CC[O][Zr]([F])([F])([F])([F])([CH2]OC)([O]CC)([O]CC)[O]Cc1ccccc1. The van der Waals surface area contributed by atoms with E-state index in [1.54, 1.807) is 6.07 Å². The van der Waals surface area contributed by atoms with E-state index in [-0.39, 0.29) is 5.56 Å². The molecule has 0 bridgehead atoms. The fraction of sp³-hybridized carbons (Fsp3) is 0.600. The van der Waals surface area contributed by atoms with Gasteiger partial charge in [0.25, 0.3) is 0 Å². The minimum absolute atomic E-state index is 0.0449. The van der Waals surface area contributed by atoms with Crippen LogP contribution in [0.15, 0.2) is 30.3 Å². The fourth-order valence-electron chi connectivity index (χ4n) is 3.27. The molecule has 10 heteroatoms. The van der Waals surface area contributed by atoms with Crippen molar-refractivity contribution in [1.29, 1.82) is 0 Å². The van der Waals surface area contributed by atoms with Gasteiger partial charge in [0.2, 0.25) is 0 Å². The molecule has 0 heterocycles. The Morgan fingerprint density at radius 1 is 0.760 bits per heavy atom. The molecule has 0 amide bonds. The second-order valence-corrected chi connectivity index (χ2v) is 26.4. The summed E-state index contributed by atoms with van der Waals surface area (Å²) in [6.07, 6.45) is 0. The predicted octanol–water partition coefficient (Wildman–Crippen LogP) is 4.95. The summed E-state index contributed by atoms with van der Waals surface area (Å²) in [4.78, 5) is 0. The molecule has 25 heavy (non-hydrogen) atoms. The van der Waals surface area contributed by atoms with Gasteiger partial charge in [0.1, 0.15) is 0 Å². The van der Waals surface area contributed by atoms with Crippen LogP contribution in [0.3, 0.4) is 0 Å². The molecule has 0 aromatic heterocycles. The Balaban J connectivity index is 3.87. The minimum atomic E-state index is -13.1. The van der Waals surface area contributed by atoms with Crippen molar-refractivity contribution in [3.8, 4) is 0 Å². The van der Waals surface area contributed by atoms with E-state index in [9.17, 15) is 0 Å². The number of ether oxygens (including phenoxy) is 1. The van der Waals surface area contributed by atoms with Crippen LogP contribution in [0.1, 0.15) is 26.3 Å². The second kappa shape index (κ2) is 4.20. The number of benzene rings is 1. The molecule has 0 aliphatic rings. The Morgan fingerprint density at radius 2 is 1.20 bits per heavy atom. The van der Waals surface area contributed by atoms with E-state index in [1.807, 2.05) is 0 Å². The Hall–Kier alpha value is -0.377. The van der Waals surface area contributed by atoms with Crippen LogP contribution in [0.2, 0.25) is 0 Å². The number of methoxy groups -OCH3 is 1. The van der Waals surface area contributed by atoms with Crippen molar-refractivity contribution in [3.05, 3.63) is 35.9 Å². The van der Waals surface area contributed by atoms with Gasteiger partial charge in [-0.1, -0.05) is 0 Å². The van der Waals surface area contributed by atoms with Gasteiger partial charge in [0, 0.05) is 0 Å². The summed E-state index contributed by atoms with van der Waals surface area (Å²) in [5.74, 6) is 0. The topological polar surface area (TPSA) is 46.2 Å². The van der Waals surface area contributed by atoms with E-state index in [0.717, 1.165) is 20.8 Å². The zero-order valence-electron chi connectivity index (χ0n) is 15.0. The van der Waals surface area contributed by atoms with Crippen LogP contribution in [0, 0.1) is 0 Å². The van der Waals surface area contributed by atoms with E-state index in [4.69, 9.17) is 0 Å². The summed E-state index contributed by atoms with van der Waals surface area (Å²) in [5.41, 5.74) is 0.0449. The molecule has 0 unspecified atom stereocenters. The third-order valence-corrected chi connectivity index (χ3v) is 19.3. The molecule has 0 atom stereocenters. The molecular weight excluding hydrogens is 427 g/mol. The Labute approximate surface area is 138 Å². The molecular formula is C15H27F4O5Zr. The molecule has 1 aromatic rings. The molecule has 5 nitrogen and oxygen atoms in total. The average Bonchev–Trinajstić information content (AvgIpc) is 2.47. The molecule has 149 valence electrons. The van der Waals surface area contributed by atoms with Crippen LogP contribution in [0.25, 0.3) is 0 Å². The van der Waals surface area contributed by atoms with Crippen molar-refractivity contribution in [2.75, 3.05) is 31.2 Å². The van der Waals surface area contributed by atoms with Crippen LogP contribution in [-0.2, 0) is 39.6 Å². The van der Waals surface area contributed by atoms with E-state index < -0.39 is 47.8 Å². The van der Waals surface area contributed by atoms with Gasteiger partial charge in [-0.15, -0.1) is 0 Å². The third kappa shape index (κ3) is 3.70. The van der Waals surface area contributed by atoms with E-state index in [1.165, 1.54) is 24.3 Å². The number of hydrogen-bond acceptors (Lipinski definition) is 5. The average molecular weight is 455 g/mol. The number of hydrogen-bond donors (Lipinski definition) is 0. The van der Waals surface area contributed by atoms with Gasteiger partial charge in [0.15, 0.2) is 0 Å². The Bertz CT molecular complexity index is 661. The first-order valence-electron chi connectivity index (χ1n) is 8.16. The van der Waals surface area contributed by atoms with E-state index in [2.05, 4.69) is 16.0 Å². The van der Waals surface area contributed by atoms with Crippen LogP contribution in [0.4, 0.5) is 10.5 Å². The van der Waals surface area contributed by atoms with Crippen LogP contribution in [0.5, 0.6) is 0 Å². The molecule has 0 radical (unpaired) electrons. The van der Waals surface area contributed by atoms with Gasteiger partial charge in [-0.2, -0.15) is 0 Å². The van der Waals surface area contributed by atoms with Gasteiger partial charge in [-0.3, -0.25) is 0 Å². The first-order chi connectivity index (χ1) is 11.1. The maximum atomic E-state index is 16.5. The first kappa shape index (κ1) is 22.7. The maximum absolute atomic E-state index is 16.5. The molecule has 1 rings (SSSR count). The third-order valence-electron chi connectivity index (χ3n) is 4.10. The van der Waals surface area contributed by atoms with Crippen molar-refractivity contribution in [2.45, 2.75) is 27.4 Å². The quantitative estimate of drug-likeness (QED) is 0.443. The number of halogens is 4. The zero-order valence-corrected chi connectivity index (χ0v) is 17.4. The zero-order chi connectivity index (χ0) is 19.5. The van der Waals surface area contributed by atoms with Crippen LogP contribution < -0.4 is 0 Å². The molecule has 0 fully saturated rings. The fourth-order valence-corrected chi connectivity index (χ4v) is 16.5. The standard InChI is InChI=1S/C7H7O.4C2H5O.4FH.Zr/c8-6-7-4-2-1-3-5-7;1-3-2;3*1-2-3;;;;;/h1-5H,6H2;1H2,2H3;3*2H2,1H3;4*1H;/q-1;;3*-1;;;;;+8/p-4. The first-order valence-corrected chi connectivity index (χ1v) is 17.6. The van der Waals surface area contributed by atoms with E-state index >= 15 is 10.5 Å². The summed E-state index contributed by atoms with van der Waals surface area (Å²) in [6, 6.07) is 7.25. The predicted molar refractivity (Wildman–Crippen MR) is 82.4 cm³/mol. The van der Waals surface area contributed by atoms with Gasteiger partial charge >= 0.3 is 138 Å². The van der Waals surface area contributed by atoms with Crippen molar-refractivity contribution in [2.24, 2.45) is 0 Å². The molecule has 0 spiro atoms. The van der Waals surface area contributed by atoms with Gasteiger partial charge in [-0.05, 0) is 0 Å². The van der Waals surface area contributed by atoms with Gasteiger partial charge < -0.3 is 0 Å². The summed E-state index contributed by atoms with van der Waals surface area (Å²) < 4.78 is 83.8. The molecule has 0 saturated carbocycles. The summed E-state index contributed by atoms with van der Waals surface area (Å²) in [7, 11) is 0.657. The van der Waals surface area contributed by atoms with Crippen LogP contribution in [-0.4, -0.2) is 31.2 Å². The Kier molecular flexibility index (Phi) is 3.81. The molecule has 0 saturated heterocycles. The normalized spacial score (nSPS) is 21.0. The molecule has 0 aliphatic heterocycles. The van der Waals surface area contributed by atoms with Crippen molar-refractivity contribution in [1.82, 2.24) is 0 Å². The summed E-state index contributed by atoms with van der Waals surface area (Å²) >= 11 is -13.1. The monoisotopic (exact) mass is 453 g/mol. The second-order valence-electron chi connectivity index (χ2n) is 6.78. The summed E-state index contributed by atoms with van der Waals surface area (Å²) in [6.45, 7) is -1.79. The van der Waals surface area contributed by atoms with Crippen molar-refractivity contribution in [3.63, 3.8) is 0 Å².